The van der Waals surface area contributed by atoms with Crippen molar-refractivity contribution in [2.24, 2.45) is 0 Å². The average molecular weight is 266 g/mol. The van der Waals surface area contributed by atoms with E-state index in [1.807, 2.05) is 36.4 Å². The molecular weight excluding hydrogens is 252 g/mol. The van der Waals surface area contributed by atoms with E-state index in [1.165, 1.54) is 6.08 Å². The molecule has 0 aliphatic carbocycles. The van der Waals surface area contributed by atoms with Gasteiger partial charge in [-0.2, -0.15) is 5.26 Å². The van der Waals surface area contributed by atoms with Crippen LogP contribution < -0.4 is 5.32 Å². The third-order valence-corrected chi connectivity index (χ3v) is 2.71. The van der Waals surface area contributed by atoms with Crippen molar-refractivity contribution in [1.82, 2.24) is 5.32 Å². The second kappa shape index (κ2) is 6.39. The van der Waals surface area contributed by atoms with Crippen molar-refractivity contribution in [3.8, 4) is 6.07 Å². The third-order valence-electron chi connectivity index (χ3n) is 2.71. The van der Waals surface area contributed by atoms with Crippen molar-refractivity contribution < 1.29 is 9.21 Å². The van der Waals surface area contributed by atoms with Crippen molar-refractivity contribution in [3.63, 3.8) is 0 Å². The number of furan rings is 1. The molecule has 0 unspecified atom stereocenters. The molecule has 2 aromatic rings. The Morgan fingerprint density at radius 1 is 1.30 bits per heavy atom. The topological polar surface area (TPSA) is 66.0 Å². The highest BCUT2D eigenvalue weighted by Gasteiger charge is 2.09. The van der Waals surface area contributed by atoms with Gasteiger partial charge in [-0.05, 0) is 24.6 Å². The molecule has 1 aromatic heterocycles. The van der Waals surface area contributed by atoms with E-state index in [2.05, 4.69) is 5.32 Å². The van der Waals surface area contributed by atoms with Gasteiger partial charge in [0.2, 0.25) is 0 Å². The van der Waals surface area contributed by atoms with Gasteiger partial charge in [-0.3, -0.25) is 4.79 Å². The summed E-state index contributed by atoms with van der Waals surface area (Å²) in [4.78, 5) is 11.9. The van der Waals surface area contributed by atoms with Crippen LogP contribution >= 0.6 is 0 Å². The first-order chi connectivity index (χ1) is 9.69. The molecule has 1 amide bonds. The number of nitriles is 1. The number of aryl methyl sites for hydroxylation is 1. The molecule has 1 N–H and O–H groups in total. The quantitative estimate of drug-likeness (QED) is 0.683. The number of amides is 1. The van der Waals surface area contributed by atoms with E-state index >= 15 is 0 Å². The zero-order valence-electron chi connectivity index (χ0n) is 11.1. The molecule has 0 spiro atoms. The lowest BCUT2D eigenvalue weighted by Gasteiger charge is -2.03. The summed E-state index contributed by atoms with van der Waals surface area (Å²) in [7, 11) is 0. The van der Waals surface area contributed by atoms with E-state index < -0.39 is 5.91 Å². The van der Waals surface area contributed by atoms with Crippen LogP contribution in [0.15, 0.2) is 52.5 Å². The number of carbonyl (C=O) groups excluding carboxylic acids is 1. The Labute approximate surface area is 117 Å². The second-order valence-electron chi connectivity index (χ2n) is 4.29. The van der Waals surface area contributed by atoms with Gasteiger partial charge in [0, 0.05) is 12.6 Å². The zero-order chi connectivity index (χ0) is 14.4. The van der Waals surface area contributed by atoms with Crippen LogP contribution in [-0.2, 0) is 11.3 Å². The fourth-order valence-electron chi connectivity index (χ4n) is 1.70. The lowest BCUT2D eigenvalue weighted by atomic mass is 10.2. The Morgan fingerprint density at radius 2 is 2.05 bits per heavy atom. The zero-order valence-corrected chi connectivity index (χ0v) is 11.1. The molecule has 0 bridgehead atoms. The Kier molecular flexibility index (Phi) is 4.35. The maximum absolute atomic E-state index is 11.9. The molecule has 0 saturated heterocycles. The molecule has 0 radical (unpaired) electrons. The van der Waals surface area contributed by atoms with Gasteiger partial charge in [0.1, 0.15) is 23.2 Å². The fraction of sp³-hybridized carbons (Fsp3) is 0.125. The second-order valence-corrected chi connectivity index (χ2v) is 4.29. The summed E-state index contributed by atoms with van der Waals surface area (Å²) in [6.45, 7) is 2.19. The minimum absolute atomic E-state index is 0.0234. The van der Waals surface area contributed by atoms with E-state index in [9.17, 15) is 4.79 Å². The molecule has 1 heterocycles. The van der Waals surface area contributed by atoms with E-state index in [1.54, 1.807) is 19.1 Å². The highest BCUT2D eigenvalue weighted by molar-refractivity contribution is 6.01. The molecule has 0 aliphatic heterocycles. The van der Waals surface area contributed by atoms with E-state index in [0.717, 1.165) is 11.3 Å². The summed E-state index contributed by atoms with van der Waals surface area (Å²) in [6.07, 6.45) is 1.44. The average Bonchev–Trinajstić information content (AvgIpc) is 2.88. The Bertz CT molecular complexity index is 663. The van der Waals surface area contributed by atoms with Gasteiger partial charge in [-0.25, -0.2) is 0 Å². The van der Waals surface area contributed by atoms with Gasteiger partial charge in [0.25, 0.3) is 5.91 Å². The minimum Gasteiger partial charge on any atom is -0.462 e. The van der Waals surface area contributed by atoms with Crippen molar-refractivity contribution in [2.75, 3.05) is 0 Å². The largest absolute Gasteiger partial charge is 0.462 e. The molecule has 100 valence electrons. The molecule has 0 atom stereocenters. The summed E-state index contributed by atoms with van der Waals surface area (Å²) in [5.74, 6) is 0.817. The summed E-state index contributed by atoms with van der Waals surface area (Å²) in [5.41, 5.74) is 1.00. The monoisotopic (exact) mass is 266 g/mol. The van der Waals surface area contributed by atoms with Crippen molar-refractivity contribution in [2.45, 2.75) is 13.5 Å². The first-order valence-electron chi connectivity index (χ1n) is 6.19. The molecule has 0 aliphatic rings. The lowest BCUT2D eigenvalue weighted by Crippen LogP contribution is -2.23. The Hall–Kier alpha value is -2.80. The number of benzene rings is 1. The molecule has 4 nitrogen and oxygen atoms in total. The number of hydrogen-bond donors (Lipinski definition) is 1. The van der Waals surface area contributed by atoms with Crippen LogP contribution in [0.4, 0.5) is 0 Å². The fourth-order valence-corrected chi connectivity index (χ4v) is 1.70. The van der Waals surface area contributed by atoms with Gasteiger partial charge in [0.15, 0.2) is 0 Å². The predicted octanol–water partition coefficient (Wildman–Crippen LogP) is 2.81. The van der Waals surface area contributed by atoms with Gasteiger partial charge < -0.3 is 9.73 Å². The molecule has 20 heavy (non-hydrogen) atoms. The number of nitrogens with zero attached hydrogens (tertiary/aromatic N) is 1. The molecular formula is C16H14N2O2. The summed E-state index contributed by atoms with van der Waals surface area (Å²) >= 11 is 0. The van der Waals surface area contributed by atoms with E-state index in [4.69, 9.17) is 9.68 Å². The molecule has 0 fully saturated rings. The normalized spacial score (nSPS) is 10.9. The first-order valence-corrected chi connectivity index (χ1v) is 6.19. The minimum atomic E-state index is -0.412. The standard InChI is InChI=1S/C16H14N2O2/c1-12-7-8-15(20-12)9-14(10-17)16(19)18-11-13-5-3-2-4-6-13/h2-9H,11H2,1H3,(H,18,19). The number of hydrogen-bond acceptors (Lipinski definition) is 3. The number of nitrogens with one attached hydrogen (secondary N) is 1. The summed E-state index contributed by atoms with van der Waals surface area (Å²) < 4.78 is 5.32. The smallest absolute Gasteiger partial charge is 0.262 e. The highest BCUT2D eigenvalue weighted by atomic mass is 16.3. The van der Waals surface area contributed by atoms with Crippen LogP contribution in [0.2, 0.25) is 0 Å². The molecule has 2 rings (SSSR count). The van der Waals surface area contributed by atoms with Crippen LogP contribution in [0.1, 0.15) is 17.1 Å². The Balaban J connectivity index is 2.03. The predicted molar refractivity (Wildman–Crippen MR) is 75.3 cm³/mol. The number of carbonyl (C=O) groups is 1. The molecule has 1 aromatic carbocycles. The van der Waals surface area contributed by atoms with Gasteiger partial charge >= 0.3 is 0 Å². The maximum Gasteiger partial charge on any atom is 0.262 e. The van der Waals surface area contributed by atoms with Crippen LogP contribution in [-0.4, -0.2) is 5.91 Å². The molecule has 0 saturated carbocycles. The SMILES string of the molecule is Cc1ccc(C=C(C#N)C(=O)NCc2ccccc2)o1. The first kappa shape index (κ1) is 13.6. The van der Waals surface area contributed by atoms with Crippen molar-refractivity contribution >= 4 is 12.0 Å². The third kappa shape index (κ3) is 3.59. The lowest BCUT2D eigenvalue weighted by molar-refractivity contribution is -0.117. The summed E-state index contributed by atoms with van der Waals surface area (Å²) in [6, 6.07) is 14.9. The van der Waals surface area contributed by atoms with Crippen LogP contribution in [0.3, 0.4) is 0 Å². The van der Waals surface area contributed by atoms with Crippen LogP contribution in [0, 0.1) is 18.3 Å². The van der Waals surface area contributed by atoms with E-state index in [0.29, 0.717) is 12.3 Å². The summed E-state index contributed by atoms with van der Waals surface area (Å²) in [5, 5.41) is 11.7. The maximum atomic E-state index is 11.9. The van der Waals surface area contributed by atoms with E-state index in [-0.39, 0.29) is 5.57 Å². The number of rotatable bonds is 4. The van der Waals surface area contributed by atoms with Gasteiger partial charge in [-0.15, -0.1) is 0 Å². The van der Waals surface area contributed by atoms with Crippen molar-refractivity contribution in [1.29, 1.82) is 5.26 Å². The molecule has 4 heteroatoms. The Morgan fingerprint density at radius 3 is 2.65 bits per heavy atom. The van der Waals surface area contributed by atoms with Crippen LogP contribution in [0.25, 0.3) is 6.08 Å². The van der Waals surface area contributed by atoms with Crippen molar-refractivity contribution in [3.05, 3.63) is 65.1 Å². The highest BCUT2D eigenvalue weighted by Crippen LogP contribution is 2.11. The van der Waals surface area contributed by atoms with Gasteiger partial charge in [0.05, 0.1) is 0 Å². The van der Waals surface area contributed by atoms with Gasteiger partial charge in [-0.1, -0.05) is 30.3 Å². The van der Waals surface area contributed by atoms with Crippen LogP contribution in [0.5, 0.6) is 0 Å².